The number of nitro benzene ring substituents is 1. The molecule has 0 bridgehead atoms. The third kappa shape index (κ3) is 4.12. The number of aromatic nitrogens is 1. The lowest BCUT2D eigenvalue weighted by molar-refractivity contribution is -0.384. The van der Waals surface area contributed by atoms with Gasteiger partial charge in [0.25, 0.3) is 5.69 Å². The van der Waals surface area contributed by atoms with Gasteiger partial charge in [0.1, 0.15) is 5.69 Å². The SMILES string of the molecule is O=[N+]([O-])c1cccc(C=Nn2c(-c3ccco3)csc2=NC2CCCCC2)c1. The summed E-state index contributed by atoms with van der Waals surface area (Å²) in [5.41, 5.74) is 1.51. The van der Waals surface area contributed by atoms with Gasteiger partial charge in [-0.15, -0.1) is 11.3 Å². The second-order valence-corrected chi connectivity index (χ2v) is 7.55. The molecule has 0 saturated heterocycles. The average molecular weight is 396 g/mol. The van der Waals surface area contributed by atoms with Gasteiger partial charge < -0.3 is 4.42 Å². The molecule has 2 aromatic heterocycles. The van der Waals surface area contributed by atoms with Crippen LogP contribution >= 0.6 is 11.3 Å². The van der Waals surface area contributed by atoms with E-state index in [4.69, 9.17) is 9.41 Å². The van der Waals surface area contributed by atoms with Gasteiger partial charge in [0, 0.05) is 23.1 Å². The Morgan fingerprint density at radius 2 is 2.07 bits per heavy atom. The van der Waals surface area contributed by atoms with Gasteiger partial charge in [0.05, 0.1) is 23.4 Å². The first-order chi connectivity index (χ1) is 13.7. The molecule has 1 fully saturated rings. The highest BCUT2D eigenvalue weighted by Crippen LogP contribution is 2.23. The normalized spacial score (nSPS) is 16.1. The van der Waals surface area contributed by atoms with Crippen LogP contribution in [0.2, 0.25) is 0 Å². The molecule has 0 N–H and O–H groups in total. The molecule has 1 aromatic carbocycles. The molecule has 0 unspecified atom stereocenters. The van der Waals surface area contributed by atoms with Crippen LogP contribution in [0, 0.1) is 10.1 Å². The lowest BCUT2D eigenvalue weighted by Gasteiger charge is -2.16. The van der Waals surface area contributed by atoms with Crippen molar-refractivity contribution in [3.05, 3.63) is 68.5 Å². The average Bonchev–Trinajstić information content (AvgIpc) is 3.37. The Hall–Kier alpha value is -3.00. The van der Waals surface area contributed by atoms with E-state index in [-0.39, 0.29) is 5.69 Å². The Balaban J connectivity index is 1.73. The van der Waals surface area contributed by atoms with Gasteiger partial charge in [-0.1, -0.05) is 31.4 Å². The molecular formula is C20H20N4O3S. The number of benzene rings is 1. The van der Waals surface area contributed by atoms with E-state index in [1.807, 2.05) is 17.5 Å². The summed E-state index contributed by atoms with van der Waals surface area (Å²) in [6.45, 7) is 0. The highest BCUT2D eigenvalue weighted by molar-refractivity contribution is 7.07. The van der Waals surface area contributed by atoms with Crippen LogP contribution in [-0.2, 0) is 0 Å². The Bertz CT molecular complexity index is 1040. The van der Waals surface area contributed by atoms with Crippen molar-refractivity contribution in [3.63, 3.8) is 0 Å². The van der Waals surface area contributed by atoms with Crippen LogP contribution in [0.1, 0.15) is 37.7 Å². The molecule has 0 radical (unpaired) electrons. The number of nitrogens with zero attached hydrogens (tertiary/aromatic N) is 4. The van der Waals surface area contributed by atoms with Gasteiger partial charge in [-0.25, -0.2) is 4.68 Å². The molecule has 1 aliphatic rings. The molecule has 0 spiro atoms. The minimum Gasteiger partial charge on any atom is -0.463 e. The smallest absolute Gasteiger partial charge is 0.270 e. The molecule has 4 rings (SSSR count). The summed E-state index contributed by atoms with van der Waals surface area (Å²) in [7, 11) is 0. The minimum absolute atomic E-state index is 0.0395. The largest absolute Gasteiger partial charge is 0.463 e. The van der Waals surface area contributed by atoms with E-state index >= 15 is 0 Å². The summed E-state index contributed by atoms with van der Waals surface area (Å²) in [5.74, 6) is 0.706. The quantitative estimate of drug-likeness (QED) is 0.351. The number of furan rings is 1. The van der Waals surface area contributed by atoms with Gasteiger partial charge >= 0.3 is 0 Å². The van der Waals surface area contributed by atoms with Crippen LogP contribution in [0.4, 0.5) is 5.69 Å². The molecule has 0 atom stereocenters. The molecule has 1 aliphatic carbocycles. The first kappa shape index (κ1) is 18.4. The van der Waals surface area contributed by atoms with E-state index in [9.17, 15) is 10.1 Å². The van der Waals surface area contributed by atoms with Crippen LogP contribution < -0.4 is 4.80 Å². The van der Waals surface area contributed by atoms with Crippen LogP contribution in [-0.4, -0.2) is 21.9 Å². The standard InChI is InChI=1S/C20H20N4O3S/c25-24(26)17-9-4-6-15(12-17)13-21-23-18(19-10-5-11-27-19)14-28-20(23)22-16-7-2-1-3-8-16/h4-6,9-14,16H,1-3,7-8H2. The predicted octanol–water partition coefficient (Wildman–Crippen LogP) is 4.83. The maximum atomic E-state index is 11.0. The summed E-state index contributed by atoms with van der Waals surface area (Å²) in [4.78, 5) is 16.3. The third-order valence-electron chi connectivity index (χ3n) is 4.73. The summed E-state index contributed by atoms with van der Waals surface area (Å²) < 4.78 is 7.31. The Kier molecular flexibility index (Phi) is 5.48. The summed E-state index contributed by atoms with van der Waals surface area (Å²) >= 11 is 1.53. The van der Waals surface area contributed by atoms with Crippen LogP contribution in [0.15, 0.2) is 62.6 Å². The van der Waals surface area contributed by atoms with Gasteiger partial charge in [-0.2, -0.15) is 5.10 Å². The fourth-order valence-corrected chi connectivity index (χ4v) is 4.19. The van der Waals surface area contributed by atoms with Gasteiger partial charge in [-0.05, 0) is 25.0 Å². The molecule has 3 aromatic rings. The summed E-state index contributed by atoms with van der Waals surface area (Å²) in [6.07, 6.45) is 9.14. The van der Waals surface area contributed by atoms with E-state index in [1.54, 1.807) is 29.3 Å². The topological polar surface area (TPSA) is 85.9 Å². The van der Waals surface area contributed by atoms with Crippen molar-refractivity contribution in [2.45, 2.75) is 38.1 Å². The molecule has 2 heterocycles. The second-order valence-electron chi connectivity index (χ2n) is 6.71. The highest BCUT2D eigenvalue weighted by atomic mass is 32.1. The Labute approximate surface area is 165 Å². The number of thiazole rings is 1. The van der Waals surface area contributed by atoms with E-state index < -0.39 is 4.92 Å². The molecule has 0 amide bonds. The van der Waals surface area contributed by atoms with Crippen molar-refractivity contribution < 1.29 is 9.34 Å². The van der Waals surface area contributed by atoms with E-state index in [0.717, 1.165) is 23.3 Å². The maximum Gasteiger partial charge on any atom is 0.270 e. The fourth-order valence-electron chi connectivity index (χ4n) is 3.30. The van der Waals surface area contributed by atoms with E-state index in [0.29, 0.717) is 17.4 Å². The number of nitro groups is 1. The monoisotopic (exact) mass is 396 g/mol. The molecule has 7 nitrogen and oxygen atoms in total. The van der Waals surface area contributed by atoms with Crippen LogP contribution in [0.5, 0.6) is 0 Å². The molecular weight excluding hydrogens is 376 g/mol. The maximum absolute atomic E-state index is 11.0. The van der Waals surface area contributed by atoms with Crippen molar-refractivity contribution in [3.8, 4) is 11.5 Å². The second kappa shape index (κ2) is 8.35. The lowest BCUT2D eigenvalue weighted by Crippen LogP contribution is -2.18. The zero-order valence-electron chi connectivity index (χ0n) is 15.2. The molecule has 8 heteroatoms. The highest BCUT2D eigenvalue weighted by Gasteiger charge is 2.15. The van der Waals surface area contributed by atoms with Crippen molar-refractivity contribution in [1.29, 1.82) is 0 Å². The minimum atomic E-state index is -0.410. The summed E-state index contributed by atoms with van der Waals surface area (Å²) in [5, 5.41) is 17.6. The van der Waals surface area contributed by atoms with Crippen molar-refractivity contribution >= 4 is 23.2 Å². The first-order valence-electron chi connectivity index (χ1n) is 9.28. The number of hydrogen-bond acceptors (Lipinski definition) is 6. The molecule has 0 aliphatic heterocycles. The van der Waals surface area contributed by atoms with Gasteiger partial charge in [-0.3, -0.25) is 15.1 Å². The first-order valence-corrected chi connectivity index (χ1v) is 10.2. The number of rotatable bonds is 5. The Morgan fingerprint density at radius 3 is 2.82 bits per heavy atom. The predicted molar refractivity (Wildman–Crippen MR) is 109 cm³/mol. The lowest BCUT2D eigenvalue weighted by atomic mass is 9.96. The van der Waals surface area contributed by atoms with Gasteiger partial charge in [0.15, 0.2) is 5.76 Å². The van der Waals surface area contributed by atoms with E-state index in [2.05, 4.69) is 5.10 Å². The van der Waals surface area contributed by atoms with Crippen molar-refractivity contribution in [2.24, 2.45) is 10.1 Å². The van der Waals surface area contributed by atoms with Crippen LogP contribution in [0.25, 0.3) is 11.5 Å². The fraction of sp³-hybridized carbons (Fsp3) is 0.300. The molecule has 1 saturated carbocycles. The summed E-state index contributed by atoms with van der Waals surface area (Å²) in [6, 6.07) is 10.4. The Morgan fingerprint density at radius 1 is 1.21 bits per heavy atom. The molecule has 144 valence electrons. The van der Waals surface area contributed by atoms with Crippen molar-refractivity contribution in [2.75, 3.05) is 0 Å². The molecule has 28 heavy (non-hydrogen) atoms. The van der Waals surface area contributed by atoms with Crippen molar-refractivity contribution in [1.82, 2.24) is 4.68 Å². The zero-order valence-corrected chi connectivity index (χ0v) is 16.0. The van der Waals surface area contributed by atoms with Crippen LogP contribution in [0.3, 0.4) is 0 Å². The zero-order chi connectivity index (χ0) is 19.3. The van der Waals surface area contributed by atoms with E-state index in [1.165, 1.54) is 42.7 Å². The number of hydrogen-bond donors (Lipinski definition) is 0. The third-order valence-corrected chi connectivity index (χ3v) is 5.56. The number of non-ortho nitro benzene ring substituents is 1. The van der Waals surface area contributed by atoms with Gasteiger partial charge in [0.2, 0.25) is 4.80 Å².